The minimum atomic E-state index is -0.114. The second-order valence-electron chi connectivity index (χ2n) is 9.25. The summed E-state index contributed by atoms with van der Waals surface area (Å²) in [6, 6.07) is 5.69. The molecule has 152 valence electrons. The fourth-order valence-corrected chi connectivity index (χ4v) is 5.69. The van der Waals surface area contributed by atoms with Gasteiger partial charge in [-0.2, -0.15) is 0 Å². The third-order valence-corrected chi connectivity index (χ3v) is 7.40. The molecule has 2 aliphatic carbocycles. The molecule has 0 N–H and O–H groups in total. The van der Waals surface area contributed by atoms with Gasteiger partial charge < -0.3 is 4.74 Å². The molecule has 0 heterocycles. The molecular formula is C25H39FO. The van der Waals surface area contributed by atoms with Crippen LogP contribution in [0.25, 0.3) is 0 Å². The van der Waals surface area contributed by atoms with Crippen molar-refractivity contribution in [3.05, 3.63) is 35.1 Å². The van der Waals surface area contributed by atoms with Crippen molar-refractivity contribution >= 4 is 0 Å². The van der Waals surface area contributed by atoms with Gasteiger partial charge in [0.2, 0.25) is 0 Å². The Balaban J connectivity index is 1.38. The monoisotopic (exact) mass is 374 g/mol. The molecule has 0 amide bonds. The van der Waals surface area contributed by atoms with E-state index in [-0.39, 0.29) is 5.82 Å². The fourth-order valence-electron chi connectivity index (χ4n) is 5.69. The highest BCUT2D eigenvalue weighted by atomic mass is 19.1. The van der Waals surface area contributed by atoms with Gasteiger partial charge in [-0.3, -0.25) is 0 Å². The average Bonchev–Trinajstić information content (AvgIpc) is 2.70. The molecule has 0 aromatic heterocycles. The van der Waals surface area contributed by atoms with E-state index >= 15 is 0 Å². The Morgan fingerprint density at radius 2 is 1.48 bits per heavy atom. The third-order valence-electron chi connectivity index (χ3n) is 7.40. The SMILES string of the molecule is CCCC1CCC(C2CCC(CCc3ccc(COC)c(F)c3)CC2)CC1. The summed E-state index contributed by atoms with van der Waals surface area (Å²) in [4.78, 5) is 0. The van der Waals surface area contributed by atoms with Crippen LogP contribution in [0.3, 0.4) is 0 Å². The standard InChI is InChI=1S/C25H39FO/c1-3-4-19-7-12-22(13-8-19)23-14-9-20(10-15-23)5-6-21-11-16-24(18-27-2)25(26)17-21/h11,16-17,19-20,22-23H,3-10,12-15,18H2,1-2H3. The van der Waals surface area contributed by atoms with Crippen LogP contribution in [0.2, 0.25) is 0 Å². The van der Waals surface area contributed by atoms with Crippen molar-refractivity contribution < 1.29 is 9.13 Å². The first-order valence-electron chi connectivity index (χ1n) is 11.5. The van der Waals surface area contributed by atoms with Crippen LogP contribution in [-0.4, -0.2) is 7.11 Å². The van der Waals surface area contributed by atoms with Crippen LogP contribution < -0.4 is 0 Å². The van der Waals surface area contributed by atoms with Crippen LogP contribution in [0, 0.1) is 29.5 Å². The molecule has 2 heteroatoms. The number of hydrogen-bond acceptors (Lipinski definition) is 1. The van der Waals surface area contributed by atoms with Gasteiger partial charge >= 0.3 is 0 Å². The predicted molar refractivity (Wildman–Crippen MR) is 111 cm³/mol. The minimum Gasteiger partial charge on any atom is -0.380 e. The molecule has 0 spiro atoms. The number of benzene rings is 1. The van der Waals surface area contributed by atoms with Crippen LogP contribution >= 0.6 is 0 Å². The van der Waals surface area contributed by atoms with Gasteiger partial charge in [0.15, 0.2) is 0 Å². The maximum Gasteiger partial charge on any atom is 0.128 e. The maximum absolute atomic E-state index is 14.1. The van der Waals surface area contributed by atoms with E-state index in [1.54, 1.807) is 13.2 Å². The number of aryl methyl sites for hydroxylation is 1. The first kappa shape index (κ1) is 20.8. The van der Waals surface area contributed by atoms with Gasteiger partial charge in [0.25, 0.3) is 0 Å². The third kappa shape index (κ3) is 6.04. The molecule has 0 atom stereocenters. The normalized spacial score (nSPS) is 29.0. The summed E-state index contributed by atoms with van der Waals surface area (Å²) in [5, 5.41) is 0. The number of halogens is 1. The quantitative estimate of drug-likeness (QED) is 0.463. The Bertz CT molecular complexity index is 553. The lowest BCUT2D eigenvalue weighted by atomic mass is 9.68. The lowest BCUT2D eigenvalue weighted by molar-refractivity contribution is 0.141. The highest BCUT2D eigenvalue weighted by Gasteiger charge is 2.30. The highest BCUT2D eigenvalue weighted by molar-refractivity contribution is 5.24. The molecule has 1 aromatic rings. The Labute approximate surface area is 166 Å². The molecule has 2 aliphatic rings. The van der Waals surface area contributed by atoms with Gasteiger partial charge in [-0.25, -0.2) is 4.39 Å². The molecule has 3 rings (SSSR count). The summed E-state index contributed by atoms with van der Waals surface area (Å²) in [6.45, 7) is 2.69. The molecular weight excluding hydrogens is 335 g/mol. The van der Waals surface area contributed by atoms with Crippen LogP contribution in [0.5, 0.6) is 0 Å². The molecule has 2 saturated carbocycles. The van der Waals surface area contributed by atoms with Crippen LogP contribution in [-0.2, 0) is 17.8 Å². The van der Waals surface area contributed by atoms with Crippen LogP contribution in [0.1, 0.15) is 88.7 Å². The number of rotatable bonds is 8. The van der Waals surface area contributed by atoms with E-state index in [0.29, 0.717) is 12.2 Å². The van der Waals surface area contributed by atoms with E-state index in [2.05, 4.69) is 13.0 Å². The molecule has 1 nitrogen and oxygen atoms in total. The van der Waals surface area contributed by atoms with E-state index in [1.807, 2.05) is 6.07 Å². The number of hydrogen-bond donors (Lipinski definition) is 0. The van der Waals surface area contributed by atoms with E-state index in [4.69, 9.17) is 4.74 Å². The van der Waals surface area contributed by atoms with E-state index < -0.39 is 0 Å². The molecule has 0 unspecified atom stereocenters. The second kappa shape index (κ2) is 10.6. The average molecular weight is 375 g/mol. The predicted octanol–water partition coefficient (Wildman–Crippen LogP) is 7.32. The molecule has 1 aromatic carbocycles. The molecule has 2 fully saturated rings. The molecule has 0 saturated heterocycles. The Kier molecular flexibility index (Phi) is 8.18. The molecule has 0 aliphatic heterocycles. The summed E-state index contributed by atoms with van der Waals surface area (Å²) < 4.78 is 19.1. The summed E-state index contributed by atoms with van der Waals surface area (Å²) in [6.07, 6.45) is 16.7. The first-order chi connectivity index (χ1) is 13.2. The van der Waals surface area contributed by atoms with Crippen molar-refractivity contribution in [3.8, 4) is 0 Å². The summed E-state index contributed by atoms with van der Waals surface area (Å²) in [5.74, 6) is 3.77. The van der Waals surface area contributed by atoms with E-state index in [0.717, 1.165) is 35.7 Å². The summed E-state index contributed by atoms with van der Waals surface area (Å²) in [7, 11) is 1.61. The summed E-state index contributed by atoms with van der Waals surface area (Å²) in [5.41, 5.74) is 1.80. The van der Waals surface area contributed by atoms with Crippen LogP contribution in [0.4, 0.5) is 4.39 Å². The first-order valence-corrected chi connectivity index (χ1v) is 11.5. The Morgan fingerprint density at radius 1 is 0.889 bits per heavy atom. The molecule has 0 bridgehead atoms. The maximum atomic E-state index is 14.1. The van der Waals surface area contributed by atoms with Gasteiger partial charge in [0.05, 0.1) is 6.61 Å². The highest BCUT2D eigenvalue weighted by Crippen LogP contribution is 2.42. The largest absolute Gasteiger partial charge is 0.380 e. The second-order valence-corrected chi connectivity index (χ2v) is 9.25. The van der Waals surface area contributed by atoms with Gasteiger partial charge in [0.1, 0.15) is 5.82 Å². The lowest BCUT2D eigenvalue weighted by Crippen LogP contribution is -2.26. The fraction of sp³-hybridized carbons (Fsp3) is 0.760. The van der Waals surface area contributed by atoms with Crippen LogP contribution in [0.15, 0.2) is 18.2 Å². The molecule has 27 heavy (non-hydrogen) atoms. The van der Waals surface area contributed by atoms with E-state index in [9.17, 15) is 4.39 Å². The smallest absolute Gasteiger partial charge is 0.128 e. The minimum absolute atomic E-state index is 0.114. The van der Waals surface area contributed by atoms with Crippen molar-refractivity contribution in [3.63, 3.8) is 0 Å². The zero-order valence-corrected chi connectivity index (χ0v) is 17.5. The van der Waals surface area contributed by atoms with Gasteiger partial charge in [0, 0.05) is 12.7 Å². The van der Waals surface area contributed by atoms with Gasteiger partial charge in [-0.05, 0) is 73.8 Å². The number of ether oxygens (including phenoxy) is 1. The van der Waals surface area contributed by atoms with Crippen molar-refractivity contribution in [2.45, 2.75) is 90.6 Å². The number of methoxy groups -OCH3 is 1. The zero-order valence-electron chi connectivity index (χ0n) is 17.5. The Morgan fingerprint density at radius 3 is 2.00 bits per heavy atom. The zero-order chi connectivity index (χ0) is 19.1. The summed E-state index contributed by atoms with van der Waals surface area (Å²) >= 11 is 0. The molecule has 0 radical (unpaired) electrons. The van der Waals surface area contributed by atoms with Crippen molar-refractivity contribution in [1.29, 1.82) is 0 Å². The Hall–Kier alpha value is -0.890. The van der Waals surface area contributed by atoms with Gasteiger partial charge in [-0.1, -0.05) is 57.6 Å². The van der Waals surface area contributed by atoms with Crippen molar-refractivity contribution in [1.82, 2.24) is 0 Å². The van der Waals surface area contributed by atoms with Crippen molar-refractivity contribution in [2.24, 2.45) is 23.7 Å². The lowest BCUT2D eigenvalue weighted by Gasteiger charge is -2.38. The van der Waals surface area contributed by atoms with Gasteiger partial charge in [-0.15, -0.1) is 0 Å². The van der Waals surface area contributed by atoms with E-state index in [1.165, 1.54) is 70.6 Å². The van der Waals surface area contributed by atoms with Crippen molar-refractivity contribution in [2.75, 3.05) is 7.11 Å². The topological polar surface area (TPSA) is 9.23 Å².